The van der Waals surface area contributed by atoms with Crippen molar-refractivity contribution in [2.45, 2.75) is 51.8 Å². The number of hydrogen-bond acceptors (Lipinski definition) is 3. The number of nitrogens with zero attached hydrogens (tertiary/aromatic N) is 2. The van der Waals surface area contributed by atoms with Gasteiger partial charge in [-0.2, -0.15) is 5.10 Å². The Labute approximate surface area is 125 Å². The number of benzene rings is 1. The first-order valence-electron chi connectivity index (χ1n) is 7.73. The molecule has 1 heterocycles. The maximum atomic E-state index is 5.97. The number of para-hydroxylation sites is 1. The Kier molecular flexibility index (Phi) is 4.25. The van der Waals surface area contributed by atoms with Crippen molar-refractivity contribution in [3.8, 4) is 5.75 Å². The third kappa shape index (κ3) is 3.10. The monoisotopic (exact) mass is 285 g/mol. The summed E-state index contributed by atoms with van der Waals surface area (Å²) < 4.78 is 8.07. The van der Waals surface area contributed by atoms with Crippen molar-refractivity contribution < 1.29 is 4.74 Å². The van der Waals surface area contributed by atoms with Crippen LogP contribution in [0.1, 0.15) is 48.5 Å². The zero-order valence-corrected chi connectivity index (χ0v) is 12.6. The van der Waals surface area contributed by atoms with Gasteiger partial charge < -0.3 is 10.5 Å². The number of aryl methyl sites for hydroxylation is 1. The maximum absolute atomic E-state index is 5.97. The lowest BCUT2D eigenvalue weighted by molar-refractivity contribution is 0.293. The quantitative estimate of drug-likeness (QED) is 0.916. The van der Waals surface area contributed by atoms with Crippen LogP contribution in [0.2, 0.25) is 0 Å². The van der Waals surface area contributed by atoms with Gasteiger partial charge >= 0.3 is 0 Å². The van der Waals surface area contributed by atoms with Crippen LogP contribution in [0.3, 0.4) is 0 Å². The topological polar surface area (TPSA) is 53.1 Å². The average molecular weight is 285 g/mol. The Hall–Kier alpha value is -1.81. The minimum Gasteiger partial charge on any atom is -0.487 e. The number of aromatic nitrogens is 2. The zero-order chi connectivity index (χ0) is 14.7. The second-order valence-corrected chi connectivity index (χ2v) is 5.78. The highest BCUT2D eigenvalue weighted by molar-refractivity contribution is 5.40. The molecular formula is C17H23N3O. The molecule has 1 saturated carbocycles. The second-order valence-electron chi connectivity index (χ2n) is 5.78. The van der Waals surface area contributed by atoms with E-state index >= 15 is 0 Å². The van der Waals surface area contributed by atoms with Crippen molar-refractivity contribution in [2.24, 2.45) is 5.73 Å². The molecule has 3 rings (SSSR count). The Bertz CT molecular complexity index is 600. The second kappa shape index (κ2) is 6.31. The third-order valence-electron chi connectivity index (χ3n) is 4.24. The van der Waals surface area contributed by atoms with E-state index in [1.165, 1.54) is 25.7 Å². The van der Waals surface area contributed by atoms with E-state index in [0.717, 1.165) is 22.6 Å². The van der Waals surface area contributed by atoms with Gasteiger partial charge in [0.05, 0.1) is 11.7 Å². The fraction of sp³-hybridized carbons (Fsp3) is 0.471. The van der Waals surface area contributed by atoms with Gasteiger partial charge in [0.15, 0.2) is 0 Å². The smallest absolute Gasteiger partial charge is 0.132 e. The molecule has 21 heavy (non-hydrogen) atoms. The van der Waals surface area contributed by atoms with Gasteiger partial charge in [-0.3, -0.25) is 4.68 Å². The highest BCUT2D eigenvalue weighted by atomic mass is 16.5. The molecule has 0 aliphatic heterocycles. The number of hydrogen-bond donors (Lipinski definition) is 1. The van der Waals surface area contributed by atoms with Crippen LogP contribution in [0.4, 0.5) is 0 Å². The molecule has 2 N–H and O–H groups in total. The van der Waals surface area contributed by atoms with E-state index in [4.69, 9.17) is 10.5 Å². The van der Waals surface area contributed by atoms with E-state index in [2.05, 4.69) is 22.0 Å². The maximum Gasteiger partial charge on any atom is 0.132 e. The predicted molar refractivity (Wildman–Crippen MR) is 83.1 cm³/mol. The van der Waals surface area contributed by atoms with Gasteiger partial charge in [0.25, 0.3) is 0 Å². The van der Waals surface area contributed by atoms with Crippen molar-refractivity contribution in [1.82, 2.24) is 9.78 Å². The van der Waals surface area contributed by atoms with Crippen molar-refractivity contribution in [3.05, 3.63) is 47.3 Å². The Morgan fingerprint density at radius 3 is 2.86 bits per heavy atom. The van der Waals surface area contributed by atoms with E-state index in [1.54, 1.807) is 0 Å². The molecular weight excluding hydrogens is 262 g/mol. The summed E-state index contributed by atoms with van der Waals surface area (Å²) in [6.07, 6.45) is 7.21. The molecule has 0 bridgehead atoms. The van der Waals surface area contributed by atoms with E-state index in [-0.39, 0.29) is 0 Å². The molecule has 1 aromatic heterocycles. The van der Waals surface area contributed by atoms with Gasteiger partial charge in [-0.25, -0.2) is 0 Å². The van der Waals surface area contributed by atoms with Crippen LogP contribution in [0.25, 0.3) is 0 Å². The van der Waals surface area contributed by atoms with E-state index in [1.807, 2.05) is 25.1 Å². The molecule has 112 valence electrons. The summed E-state index contributed by atoms with van der Waals surface area (Å²) in [5, 5.41) is 4.65. The fourth-order valence-corrected chi connectivity index (χ4v) is 3.05. The number of rotatable bonds is 5. The fourth-order valence-electron chi connectivity index (χ4n) is 3.05. The van der Waals surface area contributed by atoms with E-state index in [0.29, 0.717) is 19.2 Å². The highest BCUT2D eigenvalue weighted by Gasteiger charge is 2.17. The van der Waals surface area contributed by atoms with Gasteiger partial charge in [0.2, 0.25) is 0 Å². The largest absolute Gasteiger partial charge is 0.487 e. The Morgan fingerprint density at radius 2 is 2.10 bits per heavy atom. The first-order valence-corrected chi connectivity index (χ1v) is 7.73. The summed E-state index contributed by atoms with van der Waals surface area (Å²) in [6.45, 7) is 3.04. The van der Waals surface area contributed by atoms with Crippen LogP contribution in [-0.4, -0.2) is 9.78 Å². The minimum absolute atomic E-state index is 0.494. The number of ether oxygens (including phenoxy) is 1. The summed E-state index contributed by atoms with van der Waals surface area (Å²) in [6, 6.07) is 8.71. The van der Waals surface area contributed by atoms with Crippen molar-refractivity contribution >= 4 is 0 Å². The van der Waals surface area contributed by atoms with Gasteiger partial charge in [-0.15, -0.1) is 0 Å². The molecule has 1 fully saturated rings. The normalized spacial score (nSPS) is 15.5. The summed E-state index contributed by atoms with van der Waals surface area (Å²) in [5.41, 5.74) is 8.92. The summed E-state index contributed by atoms with van der Waals surface area (Å²) >= 11 is 0. The molecule has 0 atom stereocenters. The molecule has 4 heteroatoms. The van der Waals surface area contributed by atoms with Crippen molar-refractivity contribution in [3.63, 3.8) is 0 Å². The van der Waals surface area contributed by atoms with Crippen LogP contribution in [0.15, 0.2) is 30.5 Å². The van der Waals surface area contributed by atoms with E-state index in [9.17, 15) is 0 Å². The van der Waals surface area contributed by atoms with Crippen molar-refractivity contribution in [2.75, 3.05) is 0 Å². The minimum atomic E-state index is 0.494. The number of nitrogens with two attached hydrogens (primary N) is 1. The molecule has 4 nitrogen and oxygen atoms in total. The summed E-state index contributed by atoms with van der Waals surface area (Å²) in [5.74, 6) is 0.899. The van der Waals surface area contributed by atoms with Gasteiger partial charge in [0.1, 0.15) is 12.4 Å². The summed E-state index contributed by atoms with van der Waals surface area (Å²) in [7, 11) is 0. The lowest BCUT2D eigenvalue weighted by atomic mass is 10.1. The van der Waals surface area contributed by atoms with Crippen LogP contribution >= 0.6 is 0 Å². The van der Waals surface area contributed by atoms with Gasteiger partial charge in [-0.05, 0) is 31.4 Å². The average Bonchev–Trinajstić information content (AvgIpc) is 3.16. The molecule has 0 amide bonds. The molecule has 1 aliphatic carbocycles. The van der Waals surface area contributed by atoms with Gasteiger partial charge in [-0.1, -0.05) is 31.0 Å². The highest BCUT2D eigenvalue weighted by Crippen LogP contribution is 2.29. The zero-order valence-electron chi connectivity index (χ0n) is 12.6. The van der Waals surface area contributed by atoms with Crippen molar-refractivity contribution in [1.29, 1.82) is 0 Å². The molecule has 0 unspecified atom stereocenters. The third-order valence-corrected chi connectivity index (χ3v) is 4.24. The van der Waals surface area contributed by atoms with E-state index < -0.39 is 0 Å². The first-order chi connectivity index (χ1) is 10.3. The predicted octanol–water partition coefficient (Wildman–Crippen LogP) is 3.34. The Balaban J connectivity index is 1.68. The Morgan fingerprint density at radius 1 is 1.29 bits per heavy atom. The van der Waals surface area contributed by atoms with Crippen LogP contribution in [0.5, 0.6) is 5.75 Å². The lowest BCUT2D eigenvalue weighted by Crippen LogP contribution is -2.07. The molecule has 2 aromatic rings. The molecule has 1 aliphatic rings. The van der Waals surface area contributed by atoms with Crippen LogP contribution in [-0.2, 0) is 13.2 Å². The standard InChI is InChI=1S/C17H23N3O/c1-13-5-4-6-14(11-18)17(13)21-12-15-9-10-20(19-15)16-7-2-3-8-16/h4-6,9-10,16H,2-3,7-8,11-12,18H2,1H3. The lowest BCUT2D eigenvalue weighted by Gasteiger charge is -2.12. The molecule has 0 spiro atoms. The summed E-state index contributed by atoms with van der Waals surface area (Å²) in [4.78, 5) is 0. The molecule has 0 saturated heterocycles. The SMILES string of the molecule is Cc1cccc(CN)c1OCc1ccn(C2CCCC2)n1. The van der Waals surface area contributed by atoms with Crippen LogP contribution in [0, 0.1) is 6.92 Å². The van der Waals surface area contributed by atoms with Gasteiger partial charge in [0, 0.05) is 18.3 Å². The molecule has 0 radical (unpaired) electrons. The van der Waals surface area contributed by atoms with Crippen LogP contribution < -0.4 is 10.5 Å². The molecule has 1 aromatic carbocycles. The first kappa shape index (κ1) is 14.1.